The van der Waals surface area contributed by atoms with Crippen molar-refractivity contribution in [1.82, 2.24) is 0 Å². The number of non-ortho nitro benzene ring substituents is 1. The molecule has 0 saturated heterocycles. The van der Waals surface area contributed by atoms with Crippen molar-refractivity contribution < 1.29 is 23.2 Å². The molecule has 0 radical (unpaired) electrons. The molecular weight excluding hydrogens is 366 g/mol. The van der Waals surface area contributed by atoms with Crippen molar-refractivity contribution in [3.05, 3.63) is 80.5 Å². The quantitative estimate of drug-likeness (QED) is 0.503. The number of nitro groups is 1. The topological polar surface area (TPSA) is 81.5 Å². The number of thiophene rings is 1. The third-order valence-corrected chi connectivity index (χ3v) is 4.20. The molecule has 1 heterocycles. The second-order valence-corrected chi connectivity index (χ2v) is 5.94. The van der Waals surface area contributed by atoms with Crippen LogP contribution in [0.15, 0.2) is 53.9 Å². The lowest BCUT2D eigenvalue weighted by atomic mass is 10.3. The average Bonchev–Trinajstić information content (AvgIpc) is 3.07. The zero-order chi connectivity index (χ0) is 18.7. The van der Waals surface area contributed by atoms with E-state index in [1.54, 1.807) is 11.4 Å². The lowest BCUT2D eigenvalue weighted by Gasteiger charge is -2.09. The van der Waals surface area contributed by atoms with E-state index in [0.717, 1.165) is 29.5 Å². The summed E-state index contributed by atoms with van der Waals surface area (Å²) in [5.41, 5.74) is -0.420. The molecule has 1 amide bonds. The minimum absolute atomic E-state index is 0.00151. The molecule has 6 nitrogen and oxygen atoms in total. The van der Waals surface area contributed by atoms with Gasteiger partial charge in [0.1, 0.15) is 10.7 Å². The average molecular weight is 376 g/mol. The van der Waals surface area contributed by atoms with Crippen molar-refractivity contribution in [1.29, 1.82) is 0 Å². The fraction of sp³-hybridized carbons (Fsp3) is 0. The maximum atomic E-state index is 14.0. The lowest BCUT2D eigenvalue weighted by Crippen LogP contribution is -2.12. The molecule has 0 bridgehead atoms. The number of carbonyl (C=O) groups excluding carboxylic acids is 1. The summed E-state index contributed by atoms with van der Waals surface area (Å²) in [5, 5.41) is 14.6. The fourth-order valence-corrected chi connectivity index (χ4v) is 2.80. The van der Waals surface area contributed by atoms with E-state index in [1.807, 2.05) is 0 Å². The van der Waals surface area contributed by atoms with Gasteiger partial charge >= 0.3 is 0 Å². The molecule has 0 unspecified atom stereocenters. The fourth-order valence-electron chi connectivity index (χ4n) is 2.09. The molecule has 9 heteroatoms. The highest BCUT2D eigenvalue weighted by Gasteiger charge is 2.19. The standard InChI is InChI=1S/C17H10F2N2O4S/c18-11-3-1-2-4-13(11)20-17(22)16-15(7-8-26-16)25-14-6-5-10(21(23)24)9-12(14)19/h1-9H,(H,20,22). The molecule has 0 fully saturated rings. The summed E-state index contributed by atoms with van der Waals surface area (Å²) in [6, 6.07) is 10.0. The number of nitro benzene ring substituents is 1. The Bertz CT molecular complexity index is 990. The summed E-state index contributed by atoms with van der Waals surface area (Å²) >= 11 is 1.03. The van der Waals surface area contributed by atoms with E-state index in [1.165, 1.54) is 24.3 Å². The van der Waals surface area contributed by atoms with Crippen molar-refractivity contribution in [2.24, 2.45) is 0 Å². The molecule has 0 aliphatic rings. The first-order valence-electron chi connectivity index (χ1n) is 7.21. The number of amides is 1. The summed E-state index contributed by atoms with van der Waals surface area (Å²) in [6.45, 7) is 0. The molecule has 0 aliphatic heterocycles. The van der Waals surface area contributed by atoms with Gasteiger partial charge in [-0.1, -0.05) is 12.1 Å². The van der Waals surface area contributed by atoms with Gasteiger partial charge in [0.05, 0.1) is 16.7 Å². The van der Waals surface area contributed by atoms with E-state index < -0.39 is 28.2 Å². The number of nitrogens with zero attached hydrogens (tertiary/aromatic N) is 1. The van der Waals surface area contributed by atoms with Crippen LogP contribution in [0.3, 0.4) is 0 Å². The first-order chi connectivity index (χ1) is 12.5. The number of anilines is 1. The van der Waals surface area contributed by atoms with Gasteiger partial charge in [-0.2, -0.15) is 0 Å². The van der Waals surface area contributed by atoms with Crippen LogP contribution in [-0.4, -0.2) is 10.8 Å². The number of hydrogen-bond donors (Lipinski definition) is 1. The van der Waals surface area contributed by atoms with Gasteiger partial charge in [0.25, 0.3) is 11.6 Å². The van der Waals surface area contributed by atoms with Crippen molar-refractivity contribution >= 4 is 28.6 Å². The molecule has 0 saturated carbocycles. The van der Waals surface area contributed by atoms with E-state index in [-0.39, 0.29) is 22.1 Å². The van der Waals surface area contributed by atoms with Crippen LogP contribution in [0.4, 0.5) is 20.2 Å². The Balaban J connectivity index is 1.82. The van der Waals surface area contributed by atoms with E-state index >= 15 is 0 Å². The van der Waals surface area contributed by atoms with Crippen LogP contribution >= 0.6 is 11.3 Å². The third kappa shape index (κ3) is 3.67. The molecule has 3 aromatic rings. The number of benzene rings is 2. The van der Waals surface area contributed by atoms with Gasteiger partial charge in [-0.25, -0.2) is 8.78 Å². The largest absolute Gasteiger partial charge is 0.453 e. The van der Waals surface area contributed by atoms with Gasteiger partial charge in [0, 0.05) is 6.07 Å². The number of hydrogen-bond acceptors (Lipinski definition) is 5. The summed E-state index contributed by atoms with van der Waals surface area (Å²) in [5.74, 6) is -2.37. The second-order valence-electron chi connectivity index (χ2n) is 5.02. The van der Waals surface area contributed by atoms with Gasteiger partial charge in [0.15, 0.2) is 17.3 Å². The Kier molecular flexibility index (Phi) is 4.90. The molecule has 1 N–H and O–H groups in total. The minimum atomic E-state index is -0.939. The van der Waals surface area contributed by atoms with Gasteiger partial charge in [-0.05, 0) is 29.6 Å². The molecule has 26 heavy (non-hydrogen) atoms. The monoisotopic (exact) mass is 376 g/mol. The maximum Gasteiger partial charge on any atom is 0.272 e. The van der Waals surface area contributed by atoms with E-state index in [9.17, 15) is 23.7 Å². The predicted octanol–water partition coefficient (Wildman–Crippen LogP) is 4.98. The molecule has 0 spiro atoms. The van der Waals surface area contributed by atoms with Gasteiger partial charge in [-0.3, -0.25) is 14.9 Å². The highest BCUT2D eigenvalue weighted by molar-refractivity contribution is 7.12. The number of halogens is 2. The number of carbonyl (C=O) groups is 1. The van der Waals surface area contributed by atoms with Crippen molar-refractivity contribution in [2.45, 2.75) is 0 Å². The van der Waals surface area contributed by atoms with E-state index in [0.29, 0.717) is 0 Å². The van der Waals surface area contributed by atoms with Crippen LogP contribution in [0.2, 0.25) is 0 Å². The summed E-state index contributed by atoms with van der Waals surface area (Å²) in [4.78, 5) is 22.3. The molecule has 0 atom stereocenters. The SMILES string of the molecule is O=C(Nc1ccccc1F)c1sccc1Oc1ccc([N+](=O)[O-])cc1F. The number of para-hydroxylation sites is 1. The van der Waals surface area contributed by atoms with Crippen molar-refractivity contribution in [3.63, 3.8) is 0 Å². The highest BCUT2D eigenvalue weighted by atomic mass is 32.1. The first-order valence-corrected chi connectivity index (χ1v) is 8.09. The number of ether oxygens (including phenoxy) is 1. The lowest BCUT2D eigenvalue weighted by molar-refractivity contribution is -0.385. The zero-order valence-corrected chi connectivity index (χ0v) is 13.8. The molecule has 2 aromatic carbocycles. The first kappa shape index (κ1) is 17.5. The Morgan fingerprint density at radius 3 is 2.54 bits per heavy atom. The number of rotatable bonds is 5. The Labute approximate surface area is 149 Å². The van der Waals surface area contributed by atoms with Crippen LogP contribution in [0.1, 0.15) is 9.67 Å². The summed E-state index contributed by atoms with van der Waals surface area (Å²) in [6.07, 6.45) is 0. The van der Waals surface area contributed by atoms with E-state index in [4.69, 9.17) is 4.74 Å². The molecule has 3 rings (SSSR count). The van der Waals surface area contributed by atoms with Crippen molar-refractivity contribution in [2.75, 3.05) is 5.32 Å². The second kappa shape index (κ2) is 7.28. The smallest absolute Gasteiger partial charge is 0.272 e. The molecule has 132 valence electrons. The summed E-state index contributed by atoms with van der Waals surface area (Å²) < 4.78 is 33.0. The minimum Gasteiger partial charge on any atom is -0.453 e. The van der Waals surface area contributed by atoms with Crippen LogP contribution in [0.25, 0.3) is 0 Å². The van der Waals surface area contributed by atoms with Crippen LogP contribution in [0.5, 0.6) is 11.5 Å². The van der Waals surface area contributed by atoms with Crippen LogP contribution in [-0.2, 0) is 0 Å². The Morgan fingerprint density at radius 1 is 1.08 bits per heavy atom. The molecule has 1 aromatic heterocycles. The Morgan fingerprint density at radius 2 is 1.85 bits per heavy atom. The number of nitrogens with one attached hydrogen (secondary N) is 1. The Hall–Kier alpha value is -3.33. The molecule has 0 aliphatic carbocycles. The van der Waals surface area contributed by atoms with Gasteiger partial charge in [0.2, 0.25) is 0 Å². The third-order valence-electron chi connectivity index (χ3n) is 3.30. The van der Waals surface area contributed by atoms with Gasteiger partial charge in [-0.15, -0.1) is 11.3 Å². The van der Waals surface area contributed by atoms with E-state index in [2.05, 4.69) is 5.32 Å². The predicted molar refractivity (Wildman–Crippen MR) is 91.8 cm³/mol. The van der Waals surface area contributed by atoms with Gasteiger partial charge < -0.3 is 10.1 Å². The molecular formula is C17H10F2N2O4S. The van der Waals surface area contributed by atoms with Crippen LogP contribution < -0.4 is 10.1 Å². The maximum absolute atomic E-state index is 14.0. The van der Waals surface area contributed by atoms with Crippen LogP contribution in [0, 0.1) is 21.7 Å². The zero-order valence-electron chi connectivity index (χ0n) is 12.9. The summed E-state index contributed by atoms with van der Waals surface area (Å²) in [7, 11) is 0. The van der Waals surface area contributed by atoms with Crippen molar-refractivity contribution in [3.8, 4) is 11.5 Å². The normalized spacial score (nSPS) is 10.4. The highest BCUT2D eigenvalue weighted by Crippen LogP contribution is 2.33.